The van der Waals surface area contributed by atoms with Gasteiger partial charge in [0.2, 0.25) is 0 Å². The summed E-state index contributed by atoms with van der Waals surface area (Å²) >= 11 is 1.46. The number of para-hydroxylation sites is 1. The first-order valence-corrected chi connectivity index (χ1v) is 14.2. The maximum atomic E-state index is 13.7. The second kappa shape index (κ2) is 11.0. The van der Waals surface area contributed by atoms with Crippen molar-refractivity contribution in [1.82, 2.24) is 4.98 Å². The van der Waals surface area contributed by atoms with E-state index in [0.717, 1.165) is 21.0 Å². The summed E-state index contributed by atoms with van der Waals surface area (Å²) in [6.45, 7) is 2.05. The van der Waals surface area contributed by atoms with Crippen molar-refractivity contribution in [2.24, 2.45) is 0 Å². The number of anilines is 2. The van der Waals surface area contributed by atoms with Crippen LogP contribution < -0.4 is 9.62 Å². The van der Waals surface area contributed by atoms with Gasteiger partial charge in [0.25, 0.3) is 15.9 Å². The smallest absolute Gasteiger partial charge is 0.275 e. The van der Waals surface area contributed by atoms with Crippen LogP contribution in [0.2, 0.25) is 0 Å². The van der Waals surface area contributed by atoms with E-state index in [-0.39, 0.29) is 17.3 Å². The average Bonchev–Trinajstić information content (AvgIpc) is 3.35. The molecule has 4 aromatic carbocycles. The van der Waals surface area contributed by atoms with Gasteiger partial charge in [-0.05, 0) is 54.4 Å². The number of amides is 1. The number of benzene rings is 4. The molecular formula is C30H25N3O3S2. The Hall–Kier alpha value is -4.27. The highest BCUT2D eigenvalue weighted by Crippen LogP contribution is 2.31. The van der Waals surface area contributed by atoms with E-state index in [2.05, 4.69) is 10.3 Å². The van der Waals surface area contributed by atoms with E-state index in [1.807, 2.05) is 85.8 Å². The van der Waals surface area contributed by atoms with Crippen LogP contribution in [0.3, 0.4) is 0 Å². The van der Waals surface area contributed by atoms with Gasteiger partial charge in [-0.15, -0.1) is 11.3 Å². The third-order valence-corrected chi connectivity index (χ3v) is 8.71. The Balaban J connectivity index is 1.40. The van der Waals surface area contributed by atoms with Crippen molar-refractivity contribution in [3.05, 3.63) is 132 Å². The van der Waals surface area contributed by atoms with Crippen LogP contribution in [0.5, 0.6) is 0 Å². The maximum absolute atomic E-state index is 13.7. The SMILES string of the molecule is Cc1nc(C(=O)Nc2ccc(S(=O)(=O)N(Cc3ccccc3)c3ccccc3)cc2)c(-c2ccccc2)s1. The molecule has 0 atom stereocenters. The number of sulfonamides is 1. The van der Waals surface area contributed by atoms with E-state index in [0.29, 0.717) is 17.1 Å². The molecule has 0 bridgehead atoms. The van der Waals surface area contributed by atoms with Crippen LogP contribution in [0, 0.1) is 6.92 Å². The summed E-state index contributed by atoms with van der Waals surface area (Å²) in [6.07, 6.45) is 0. The Morgan fingerprint density at radius 2 is 1.39 bits per heavy atom. The predicted molar refractivity (Wildman–Crippen MR) is 153 cm³/mol. The zero-order valence-electron chi connectivity index (χ0n) is 20.6. The summed E-state index contributed by atoms with van der Waals surface area (Å²) in [4.78, 5) is 18.5. The molecule has 38 heavy (non-hydrogen) atoms. The fraction of sp³-hybridized carbons (Fsp3) is 0.0667. The molecule has 1 N–H and O–H groups in total. The minimum atomic E-state index is -3.88. The third-order valence-electron chi connectivity index (χ3n) is 5.90. The number of aryl methyl sites for hydroxylation is 1. The Labute approximate surface area is 226 Å². The number of carbonyl (C=O) groups excluding carboxylic acids is 1. The molecule has 0 aliphatic carbocycles. The molecule has 0 fully saturated rings. The van der Waals surface area contributed by atoms with Gasteiger partial charge >= 0.3 is 0 Å². The fourth-order valence-electron chi connectivity index (χ4n) is 4.05. The number of thiazole rings is 1. The number of hydrogen-bond donors (Lipinski definition) is 1. The lowest BCUT2D eigenvalue weighted by Crippen LogP contribution is -2.30. The van der Waals surface area contributed by atoms with Gasteiger partial charge in [0.15, 0.2) is 0 Å². The minimum Gasteiger partial charge on any atom is -0.321 e. The zero-order valence-corrected chi connectivity index (χ0v) is 22.2. The van der Waals surface area contributed by atoms with Gasteiger partial charge in [0.05, 0.1) is 27.0 Å². The van der Waals surface area contributed by atoms with Crippen LogP contribution in [-0.2, 0) is 16.6 Å². The van der Waals surface area contributed by atoms with Crippen molar-refractivity contribution in [3.63, 3.8) is 0 Å². The van der Waals surface area contributed by atoms with Gasteiger partial charge in [-0.2, -0.15) is 0 Å². The number of hydrogen-bond acceptors (Lipinski definition) is 5. The van der Waals surface area contributed by atoms with Gasteiger partial charge in [0, 0.05) is 5.69 Å². The molecule has 1 amide bonds. The number of rotatable bonds is 8. The first kappa shape index (κ1) is 25.4. The Bertz CT molecular complexity index is 1640. The molecule has 5 rings (SSSR count). The Kier molecular flexibility index (Phi) is 7.35. The molecule has 6 nitrogen and oxygen atoms in total. The summed E-state index contributed by atoms with van der Waals surface area (Å²) < 4.78 is 28.8. The van der Waals surface area contributed by atoms with Gasteiger partial charge in [-0.3, -0.25) is 9.10 Å². The van der Waals surface area contributed by atoms with Gasteiger partial charge in [0.1, 0.15) is 5.69 Å². The largest absolute Gasteiger partial charge is 0.321 e. The second-order valence-electron chi connectivity index (χ2n) is 8.59. The summed E-state index contributed by atoms with van der Waals surface area (Å²) in [5, 5.41) is 3.64. The third kappa shape index (κ3) is 5.51. The lowest BCUT2D eigenvalue weighted by atomic mass is 10.1. The van der Waals surface area contributed by atoms with Crippen molar-refractivity contribution < 1.29 is 13.2 Å². The molecule has 190 valence electrons. The summed E-state index contributed by atoms with van der Waals surface area (Å²) in [6, 6.07) is 34.3. The lowest BCUT2D eigenvalue weighted by molar-refractivity contribution is 0.102. The quantitative estimate of drug-likeness (QED) is 0.236. The molecule has 1 heterocycles. The zero-order chi connectivity index (χ0) is 26.5. The number of aromatic nitrogens is 1. The lowest BCUT2D eigenvalue weighted by Gasteiger charge is -2.25. The van der Waals surface area contributed by atoms with Crippen molar-refractivity contribution in [2.45, 2.75) is 18.4 Å². The topological polar surface area (TPSA) is 79.4 Å². The Morgan fingerprint density at radius 3 is 2.03 bits per heavy atom. The maximum Gasteiger partial charge on any atom is 0.275 e. The summed E-state index contributed by atoms with van der Waals surface area (Å²) in [7, 11) is -3.88. The minimum absolute atomic E-state index is 0.129. The molecule has 0 spiro atoms. The molecule has 0 aliphatic rings. The molecule has 5 aromatic rings. The van der Waals surface area contributed by atoms with Gasteiger partial charge in [-0.25, -0.2) is 13.4 Å². The Morgan fingerprint density at radius 1 is 0.816 bits per heavy atom. The first-order valence-electron chi connectivity index (χ1n) is 12.0. The normalized spacial score (nSPS) is 11.2. The number of nitrogens with zero attached hydrogens (tertiary/aromatic N) is 2. The molecule has 8 heteroatoms. The van der Waals surface area contributed by atoms with E-state index >= 15 is 0 Å². The van der Waals surface area contributed by atoms with Crippen LogP contribution >= 0.6 is 11.3 Å². The first-order chi connectivity index (χ1) is 18.4. The highest BCUT2D eigenvalue weighted by molar-refractivity contribution is 7.92. The van der Waals surface area contributed by atoms with Gasteiger partial charge in [-0.1, -0.05) is 78.9 Å². The van der Waals surface area contributed by atoms with Crippen LogP contribution in [0.4, 0.5) is 11.4 Å². The summed E-state index contributed by atoms with van der Waals surface area (Å²) in [5.74, 6) is -0.348. The average molecular weight is 540 g/mol. The van der Waals surface area contributed by atoms with Gasteiger partial charge < -0.3 is 5.32 Å². The van der Waals surface area contributed by atoms with Crippen LogP contribution in [-0.4, -0.2) is 19.3 Å². The van der Waals surface area contributed by atoms with Crippen molar-refractivity contribution >= 4 is 38.6 Å². The van der Waals surface area contributed by atoms with E-state index in [1.54, 1.807) is 24.3 Å². The number of nitrogens with one attached hydrogen (secondary N) is 1. The van der Waals surface area contributed by atoms with E-state index in [4.69, 9.17) is 0 Å². The second-order valence-corrected chi connectivity index (χ2v) is 11.7. The highest BCUT2D eigenvalue weighted by Gasteiger charge is 2.25. The van der Waals surface area contributed by atoms with E-state index < -0.39 is 10.0 Å². The molecule has 0 saturated heterocycles. The van der Waals surface area contributed by atoms with Crippen LogP contribution in [0.1, 0.15) is 21.1 Å². The predicted octanol–water partition coefficient (Wildman–Crippen LogP) is 6.77. The molecule has 0 aliphatic heterocycles. The van der Waals surface area contributed by atoms with Crippen molar-refractivity contribution in [3.8, 4) is 10.4 Å². The molecular weight excluding hydrogens is 514 g/mol. The summed E-state index contributed by atoms with van der Waals surface area (Å²) in [5.41, 5.74) is 3.18. The van der Waals surface area contributed by atoms with E-state index in [1.165, 1.54) is 27.8 Å². The van der Waals surface area contributed by atoms with Crippen molar-refractivity contribution in [1.29, 1.82) is 0 Å². The standard InChI is InChI=1S/C30H25N3O3S2/c1-22-31-28(29(37-22)24-13-7-3-8-14-24)30(34)32-25-17-19-27(20-18-25)38(35,36)33(26-15-9-4-10-16-26)21-23-11-5-2-6-12-23/h2-20H,21H2,1H3,(H,32,34). The fourth-order valence-corrected chi connectivity index (χ4v) is 6.43. The highest BCUT2D eigenvalue weighted by atomic mass is 32.2. The molecule has 0 unspecified atom stereocenters. The molecule has 0 saturated carbocycles. The van der Waals surface area contributed by atoms with Crippen molar-refractivity contribution in [2.75, 3.05) is 9.62 Å². The molecule has 1 aromatic heterocycles. The van der Waals surface area contributed by atoms with Crippen LogP contribution in [0.15, 0.2) is 120 Å². The van der Waals surface area contributed by atoms with E-state index in [9.17, 15) is 13.2 Å². The monoisotopic (exact) mass is 539 g/mol. The molecule has 0 radical (unpaired) electrons. The number of carbonyl (C=O) groups is 1. The van der Waals surface area contributed by atoms with Crippen LogP contribution in [0.25, 0.3) is 10.4 Å².